The van der Waals surface area contributed by atoms with Crippen LogP contribution in [0.5, 0.6) is 0 Å². The minimum atomic E-state index is -0.489. The third kappa shape index (κ3) is 6.25. The maximum atomic E-state index is 11.8. The highest BCUT2D eigenvalue weighted by Gasteiger charge is 2.13. The summed E-state index contributed by atoms with van der Waals surface area (Å²) in [6, 6.07) is 10.6. The molecule has 0 fully saturated rings. The second-order valence-electron chi connectivity index (χ2n) is 6.12. The number of furan rings is 1. The fourth-order valence-electron chi connectivity index (χ4n) is 2.26. The van der Waals surface area contributed by atoms with Gasteiger partial charge in [0.1, 0.15) is 11.5 Å². The van der Waals surface area contributed by atoms with E-state index in [0.29, 0.717) is 11.6 Å². The zero-order valence-corrected chi connectivity index (χ0v) is 15.3. The van der Waals surface area contributed by atoms with Crippen LogP contribution in [0.3, 0.4) is 0 Å². The maximum Gasteiger partial charge on any atom is 0.321 e. The Balaban J connectivity index is 1.86. The molecule has 0 atom stereocenters. The van der Waals surface area contributed by atoms with E-state index >= 15 is 0 Å². The molecule has 25 heavy (non-hydrogen) atoms. The van der Waals surface area contributed by atoms with Crippen LogP contribution < -0.4 is 10.6 Å². The molecule has 1 heterocycles. The third-order valence-electron chi connectivity index (χ3n) is 3.30. The van der Waals surface area contributed by atoms with Gasteiger partial charge in [0, 0.05) is 16.6 Å². The van der Waals surface area contributed by atoms with Gasteiger partial charge in [0.25, 0.3) is 0 Å². The van der Waals surface area contributed by atoms with E-state index in [-0.39, 0.29) is 18.5 Å². The summed E-state index contributed by atoms with van der Waals surface area (Å²) in [7, 11) is 1.78. The van der Waals surface area contributed by atoms with Crippen molar-refractivity contribution in [3.05, 3.63) is 47.2 Å². The molecule has 2 aromatic rings. The molecule has 2 N–H and O–H groups in total. The van der Waals surface area contributed by atoms with Crippen molar-refractivity contribution in [2.24, 2.45) is 0 Å². The molecular formula is C18H22ClN3O3. The zero-order chi connectivity index (χ0) is 18.4. The van der Waals surface area contributed by atoms with Gasteiger partial charge in [0.05, 0.1) is 13.1 Å². The molecule has 0 aliphatic rings. The van der Waals surface area contributed by atoms with Gasteiger partial charge >= 0.3 is 6.03 Å². The van der Waals surface area contributed by atoms with Crippen LogP contribution in [0.1, 0.15) is 19.6 Å². The summed E-state index contributed by atoms with van der Waals surface area (Å²) in [6.07, 6.45) is 0. The monoisotopic (exact) mass is 363 g/mol. The molecule has 1 aromatic heterocycles. The highest BCUT2D eigenvalue weighted by molar-refractivity contribution is 6.30. The number of urea groups is 1. The first kappa shape index (κ1) is 19.0. The van der Waals surface area contributed by atoms with Crippen molar-refractivity contribution in [3.63, 3.8) is 0 Å². The Bertz CT molecular complexity index is 725. The van der Waals surface area contributed by atoms with Crippen LogP contribution in [0.2, 0.25) is 5.02 Å². The predicted octanol–water partition coefficient (Wildman–Crippen LogP) is 3.27. The first-order valence-corrected chi connectivity index (χ1v) is 8.35. The first-order chi connectivity index (χ1) is 11.8. The van der Waals surface area contributed by atoms with Gasteiger partial charge < -0.3 is 9.73 Å². The lowest BCUT2D eigenvalue weighted by Gasteiger charge is -2.15. The van der Waals surface area contributed by atoms with Crippen molar-refractivity contribution in [1.29, 1.82) is 0 Å². The number of nitrogens with zero attached hydrogens (tertiary/aromatic N) is 1. The number of halogens is 1. The summed E-state index contributed by atoms with van der Waals surface area (Å²) in [6.45, 7) is 4.19. The number of imide groups is 1. The van der Waals surface area contributed by atoms with E-state index < -0.39 is 6.03 Å². The van der Waals surface area contributed by atoms with Crippen LogP contribution in [0.4, 0.5) is 4.79 Å². The van der Waals surface area contributed by atoms with Gasteiger partial charge in [-0.25, -0.2) is 4.79 Å². The smallest absolute Gasteiger partial charge is 0.321 e. The molecule has 6 nitrogen and oxygen atoms in total. The fraction of sp³-hybridized carbons (Fsp3) is 0.333. The van der Waals surface area contributed by atoms with Gasteiger partial charge in [-0.2, -0.15) is 0 Å². The van der Waals surface area contributed by atoms with E-state index in [1.54, 1.807) is 24.1 Å². The minimum absolute atomic E-state index is 0.0278. The lowest BCUT2D eigenvalue weighted by atomic mass is 10.2. The van der Waals surface area contributed by atoms with Gasteiger partial charge in [0.2, 0.25) is 5.91 Å². The SMILES string of the molecule is CC(C)NC(=O)NC(=O)CN(C)Cc1ccc(-c2ccc(Cl)cc2)o1. The number of amides is 3. The van der Waals surface area contributed by atoms with Crippen molar-refractivity contribution in [3.8, 4) is 11.3 Å². The van der Waals surface area contributed by atoms with Crippen LogP contribution in [0, 0.1) is 0 Å². The molecule has 1 aromatic carbocycles. The Hall–Kier alpha value is -2.31. The molecule has 0 unspecified atom stereocenters. The number of rotatable bonds is 6. The number of carbonyl (C=O) groups is 2. The second-order valence-corrected chi connectivity index (χ2v) is 6.56. The maximum absolute atomic E-state index is 11.8. The van der Waals surface area contributed by atoms with E-state index in [0.717, 1.165) is 17.1 Å². The quantitative estimate of drug-likeness (QED) is 0.826. The van der Waals surface area contributed by atoms with Gasteiger partial charge in [-0.05, 0) is 57.3 Å². The second kappa shape index (κ2) is 8.69. The molecule has 0 radical (unpaired) electrons. The highest BCUT2D eigenvalue weighted by Crippen LogP contribution is 2.24. The van der Waals surface area contributed by atoms with Gasteiger partial charge in [-0.3, -0.25) is 15.0 Å². The van der Waals surface area contributed by atoms with Crippen LogP contribution in [-0.2, 0) is 11.3 Å². The van der Waals surface area contributed by atoms with Crippen LogP contribution in [-0.4, -0.2) is 36.5 Å². The third-order valence-corrected chi connectivity index (χ3v) is 3.55. The van der Waals surface area contributed by atoms with Crippen LogP contribution in [0.15, 0.2) is 40.8 Å². The number of carbonyl (C=O) groups excluding carboxylic acids is 2. The molecule has 7 heteroatoms. The van der Waals surface area contributed by atoms with Crippen LogP contribution >= 0.6 is 11.6 Å². The summed E-state index contributed by atoms with van der Waals surface area (Å²) in [4.78, 5) is 25.1. The largest absolute Gasteiger partial charge is 0.460 e. The normalized spacial score (nSPS) is 11.0. The number of hydrogen-bond acceptors (Lipinski definition) is 4. The van der Waals surface area contributed by atoms with Gasteiger partial charge in [0.15, 0.2) is 0 Å². The first-order valence-electron chi connectivity index (χ1n) is 7.97. The van der Waals surface area contributed by atoms with E-state index in [9.17, 15) is 9.59 Å². The summed E-state index contributed by atoms with van der Waals surface area (Å²) in [5.41, 5.74) is 0.932. The highest BCUT2D eigenvalue weighted by atomic mass is 35.5. The molecule has 0 spiro atoms. The lowest BCUT2D eigenvalue weighted by molar-refractivity contribution is -0.121. The number of benzene rings is 1. The number of nitrogens with one attached hydrogen (secondary N) is 2. The minimum Gasteiger partial charge on any atom is -0.460 e. The molecule has 2 rings (SSSR count). The standard InChI is InChI=1S/C18H22ClN3O3/c1-12(2)20-18(24)21-17(23)11-22(3)10-15-8-9-16(25-15)13-4-6-14(19)7-5-13/h4-9,12H,10-11H2,1-3H3,(H2,20,21,23,24). The molecule has 0 bridgehead atoms. The lowest BCUT2D eigenvalue weighted by Crippen LogP contribution is -2.45. The van der Waals surface area contributed by atoms with E-state index in [2.05, 4.69) is 10.6 Å². The molecule has 0 aliphatic carbocycles. The summed E-state index contributed by atoms with van der Waals surface area (Å²) < 4.78 is 5.80. The van der Waals surface area contributed by atoms with E-state index in [1.807, 2.05) is 38.1 Å². The number of likely N-dealkylation sites (N-methyl/N-ethyl adjacent to an activating group) is 1. The average Bonchev–Trinajstić information content (AvgIpc) is 2.94. The molecule has 0 aliphatic heterocycles. The molecule has 3 amide bonds. The molecule has 0 saturated carbocycles. The Morgan fingerprint density at radius 1 is 1.16 bits per heavy atom. The zero-order valence-electron chi connectivity index (χ0n) is 14.5. The van der Waals surface area contributed by atoms with Crippen molar-refractivity contribution in [1.82, 2.24) is 15.5 Å². The Morgan fingerprint density at radius 2 is 1.84 bits per heavy atom. The van der Waals surface area contributed by atoms with Crippen molar-refractivity contribution >= 4 is 23.5 Å². The fourth-order valence-corrected chi connectivity index (χ4v) is 2.39. The predicted molar refractivity (Wildman–Crippen MR) is 97.3 cm³/mol. The van der Waals surface area contributed by atoms with Gasteiger partial charge in [-0.15, -0.1) is 0 Å². The molecule has 134 valence electrons. The van der Waals surface area contributed by atoms with Crippen molar-refractivity contribution in [2.75, 3.05) is 13.6 Å². The molecule has 0 saturated heterocycles. The summed E-state index contributed by atoms with van der Waals surface area (Å²) in [5.74, 6) is 1.10. The Morgan fingerprint density at radius 3 is 2.48 bits per heavy atom. The van der Waals surface area contributed by atoms with Crippen molar-refractivity contribution < 1.29 is 14.0 Å². The Labute approximate surface area is 152 Å². The molecular weight excluding hydrogens is 342 g/mol. The Kier molecular flexibility index (Phi) is 6.61. The van der Waals surface area contributed by atoms with Gasteiger partial charge in [-0.1, -0.05) is 11.6 Å². The average molecular weight is 364 g/mol. The van der Waals surface area contributed by atoms with E-state index in [1.165, 1.54) is 0 Å². The summed E-state index contributed by atoms with van der Waals surface area (Å²) >= 11 is 5.88. The summed E-state index contributed by atoms with van der Waals surface area (Å²) in [5, 5.41) is 5.56. The van der Waals surface area contributed by atoms with Crippen LogP contribution in [0.25, 0.3) is 11.3 Å². The topological polar surface area (TPSA) is 74.6 Å². The van der Waals surface area contributed by atoms with Crippen molar-refractivity contribution in [2.45, 2.75) is 26.4 Å². The number of hydrogen-bond donors (Lipinski definition) is 2. The van der Waals surface area contributed by atoms with E-state index in [4.69, 9.17) is 16.0 Å².